The molecule has 8 nitrogen and oxygen atoms in total. The first-order valence-corrected chi connectivity index (χ1v) is 6.18. The van der Waals surface area contributed by atoms with E-state index in [0.717, 1.165) is 6.42 Å². The molecule has 0 spiro atoms. The summed E-state index contributed by atoms with van der Waals surface area (Å²) in [6.07, 6.45) is -3.91. The highest BCUT2D eigenvalue weighted by atomic mass is 16.7. The van der Waals surface area contributed by atoms with Gasteiger partial charge in [-0.1, -0.05) is 19.8 Å². The monoisotopic (exact) mass is 281 g/mol. The molecule has 0 aliphatic carbocycles. The average Bonchev–Trinajstić information content (AvgIpc) is 2.42. The molecule has 0 aromatic rings. The lowest BCUT2D eigenvalue weighted by atomic mass is 10.1. The molecule has 0 radical (unpaired) electrons. The van der Waals surface area contributed by atoms with Crippen LogP contribution in [-0.2, 0) is 9.63 Å². The van der Waals surface area contributed by atoms with Crippen LogP contribution >= 0.6 is 0 Å². The van der Waals surface area contributed by atoms with Crippen LogP contribution in [0.15, 0.2) is 0 Å². The molecule has 114 valence electrons. The summed E-state index contributed by atoms with van der Waals surface area (Å²) >= 11 is 0. The molecule has 0 aromatic heterocycles. The van der Waals surface area contributed by atoms with Gasteiger partial charge in [-0.15, -0.1) is 0 Å². The number of aliphatic hydroxyl groups is 5. The van der Waals surface area contributed by atoms with Crippen molar-refractivity contribution in [1.29, 1.82) is 0 Å². The van der Waals surface area contributed by atoms with E-state index in [1.54, 1.807) is 0 Å². The largest absolute Gasteiger partial charge is 0.394 e. The van der Waals surface area contributed by atoms with E-state index in [-0.39, 0.29) is 0 Å². The lowest BCUT2D eigenvalue weighted by Gasteiger charge is -2.21. The molecular weight excluding hydrogens is 258 g/mol. The van der Waals surface area contributed by atoms with Crippen LogP contribution in [-0.4, -0.2) is 69.1 Å². The standard InChI is InChI=1S/C11H23NO7/c1-2-3-4-7(14)11(18)12-19-6-9(16)10(17)8(15)5-13/h7-10,13-17H,2-6H2,1H3,(H,12,18)/t7?,8-,9?,10-/m0/s1. The molecule has 0 bridgehead atoms. The number of hydrogen-bond acceptors (Lipinski definition) is 7. The summed E-state index contributed by atoms with van der Waals surface area (Å²) in [4.78, 5) is 15.9. The van der Waals surface area contributed by atoms with Gasteiger partial charge in [0.05, 0.1) is 6.61 Å². The van der Waals surface area contributed by atoms with Crippen molar-refractivity contribution >= 4 is 5.91 Å². The van der Waals surface area contributed by atoms with Gasteiger partial charge >= 0.3 is 0 Å². The van der Waals surface area contributed by atoms with E-state index in [1.807, 2.05) is 12.4 Å². The van der Waals surface area contributed by atoms with Crippen molar-refractivity contribution < 1.29 is 35.2 Å². The summed E-state index contributed by atoms with van der Waals surface area (Å²) in [7, 11) is 0. The predicted molar refractivity (Wildman–Crippen MR) is 64.7 cm³/mol. The van der Waals surface area contributed by atoms with Gasteiger partial charge in [0.2, 0.25) is 0 Å². The first-order chi connectivity index (χ1) is 8.93. The van der Waals surface area contributed by atoms with Crippen LogP contribution in [0.3, 0.4) is 0 Å². The van der Waals surface area contributed by atoms with Gasteiger partial charge in [0.25, 0.3) is 5.91 Å². The van der Waals surface area contributed by atoms with Crippen molar-refractivity contribution in [2.75, 3.05) is 13.2 Å². The zero-order chi connectivity index (χ0) is 14.8. The van der Waals surface area contributed by atoms with Gasteiger partial charge in [0.1, 0.15) is 31.0 Å². The number of amides is 1. The summed E-state index contributed by atoms with van der Waals surface area (Å²) in [5.74, 6) is -0.738. The average molecular weight is 281 g/mol. The lowest BCUT2D eigenvalue weighted by molar-refractivity contribution is -0.151. The fraction of sp³-hybridized carbons (Fsp3) is 0.909. The molecule has 0 saturated heterocycles. The van der Waals surface area contributed by atoms with Gasteiger partial charge in [-0.3, -0.25) is 9.63 Å². The van der Waals surface area contributed by atoms with Gasteiger partial charge in [-0.05, 0) is 6.42 Å². The maximum Gasteiger partial charge on any atom is 0.272 e. The van der Waals surface area contributed by atoms with Crippen molar-refractivity contribution in [2.45, 2.75) is 50.6 Å². The minimum Gasteiger partial charge on any atom is -0.394 e. The zero-order valence-electron chi connectivity index (χ0n) is 10.9. The highest BCUT2D eigenvalue weighted by Gasteiger charge is 2.24. The minimum absolute atomic E-state index is 0.306. The highest BCUT2D eigenvalue weighted by molar-refractivity contribution is 5.79. The Morgan fingerprint density at radius 2 is 1.84 bits per heavy atom. The molecule has 0 heterocycles. The number of hydrogen-bond donors (Lipinski definition) is 6. The number of rotatable bonds is 10. The minimum atomic E-state index is -1.59. The van der Waals surface area contributed by atoms with E-state index >= 15 is 0 Å². The highest BCUT2D eigenvalue weighted by Crippen LogP contribution is 2.02. The molecule has 8 heteroatoms. The third kappa shape index (κ3) is 7.41. The number of aliphatic hydroxyl groups excluding tert-OH is 5. The van der Waals surface area contributed by atoms with Crippen molar-refractivity contribution in [2.24, 2.45) is 0 Å². The van der Waals surface area contributed by atoms with Crippen molar-refractivity contribution in [3.8, 4) is 0 Å². The summed E-state index contributed by atoms with van der Waals surface area (Å²) in [6.45, 7) is 0.732. The second kappa shape index (κ2) is 10.1. The molecular formula is C11H23NO7. The van der Waals surface area contributed by atoms with Crippen molar-refractivity contribution in [3.63, 3.8) is 0 Å². The molecule has 0 aliphatic rings. The SMILES string of the molecule is CCCCC(O)C(=O)NOCC(O)[C@@H](O)[C@@H](O)CO. The second-order valence-corrected chi connectivity index (χ2v) is 4.24. The van der Waals surface area contributed by atoms with E-state index in [2.05, 4.69) is 4.84 Å². The van der Waals surface area contributed by atoms with Crippen molar-refractivity contribution in [1.82, 2.24) is 5.48 Å². The first-order valence-electron chi connectivity index (χ1n) is 6.18. The van der Waals surface area contributed by atoms with E-state index in [4.69, 9.17) is 10.2 Å². The van der Waals surface area contributed by atoms with E-state index in [0.29, 0.717) is 12.8 Å². The van der Waals surface area contributed by atoms with Gasteiger partial charge < -0.3 is 25.5 Å². The molecule has 19 heavy (non-hydrogen) atoms. The molecule has 2 unspecified atom stereocenters. The Morgan fingerprint density at radius 3 is 2.37 bits per heavy atom. The Morgan fingerprint density at radius 1 is 1.21 bits per heavy atom. The van der Waals surface area contributed by atoms with Crippen LogP contribution in [0.2, 0.25) is 0 Å². The smallest absolute Gasteiger partial charge is 0.272 e. The Bertz CT molecular complexity index is 251. The van der Waals surface area contributed by atoms with Crippen LogP contribution in [0.25, 0.3) is 0 Å². The zero-order valence-corrected chi connectivity index (χ0v) is 10.9. The van der Waals surface area contributed by atoms with Crippen LogP contribution in [0.5, 0.6) is 0 Å². The Balaban J connectivity index is 3.86. The normalized spacial score (nSPS) is 17.6. The van der Waals surface area contributed by atoms with E-state index < -0.39 is 43.5 Å². The van der Waals surface area contributed by atoms with Gasteiger partial charge in [0.15, 0.2) is 0 Å². The quantitative estimate of drug-likeness (QED) is 0.247. The second-order valence-electron chi connectivity index (χ2n) is 4.24. The third-order valence-electron chi connectivity index (χ3n) is 2.54. The lowest BCUT2D eigenvalue weighted by Crippen LogP contribution is -2.44. The molecule has 0 aliphatic heterocycles. The van der Waals surface area contributed by atoms with Crippen LogP contribution in [0.1, 0.15) is 26.2 Å². The maximum atomic E-state index is 11.3. The van der Waals surface area contributed by atoms with Gasteiger partial charge in [-0.25, -0.2) is 5.48 Å². The number of unbranched alkanes of at least 4 members (excludes halogenated alkanes) is 1. The van der Waals surface area contributed by atoms with Crippen LogP contribution in [0.4, 0.5) is 0 Å². The summed E-state index contributed by atoms with van der Waals surface area (Å²) < 4.78 is 0. The summed E-state index contributed by atoms with van der Waals surface area (Å²) in [5, 5.41) is 45.6. The van der Waals surface area contributed by atoms with Crippen molar-refractivity contribution in [3.05, 3.63) is 0 Å². The molecule has 0 aromatic carbocycles. The third-order valence-corrected chi connectivity index (χ3v) is 2.54. The maximum absolute atomic E-state index is 11.3. The van der Waals surface area contributed by atoms with E-state index in [9.17, 15) is 20.1 Å². The fourth-order valence-corrected chi connectivity index (χ4v) is 1.26. The number of carbonyl (C=O) groups excluding carboxylic acids is 1. The fourth-order valence-electron chi connectivity index (χ4n) is 1.26. The van der Waals surface area contributed by atoms with Crippen LogP contribution < -0.4 is 5.48 Å². The topological polar surface area (TPSA) is 139 Å². The number of hydroxylamine groups is 1. The first kappa shape index (κ1) is 18.2. The van der Waals surface area contributed by atoms with E-state index in [1.165, 1.54) is 0 Å². The number of nitrogens with one attached hydrogen (secondary N) is 1. The molecule has 0 rings (SSSR count). The predicted octanol–water partition coefficient (Wildman–Crippen LogP) is -2.34. The molecule has 4 atom stereocenters. The molecule has 0 fully saturated rings. The van der Waals surface area contributed by atoms with Crippen LogP contribution in [0, 0.1) is 0 Å². The Hall–Kier alpha value is -0.770. The number of carbonyl (C=O) groups is 1. The molecule has 1 amide bonds. The Labute approximate surface area is 111 Å². The molecule has 0 saturated carbocycles. The van der Waals surface area contributed by atoms with Gasteiger partial charge in [-0.2, -0.15) is 0 Å². The van der Waals surface area contributed by atoms with Gasteiger partial charge in [0, 0.05) is 0 Å². The summed E-state index contributed by atoms with van der Waals surface area (Å²) in [6, 6.07) is 0. The molecule has 6 N–H and O–H groups in total. The Kier molecular flexibility index (Phi) is 9.66. The summed E-state index contributed by atoms with van der Waals surface area (Å²) in [5.41, 5.74) is 1.93.